The van der Waals surface area contributed by atoms with E-state index in [2.05, 4.69) is 21.9 Å². The van der Waals surface area contributed by atoms with Crippen molar-refractivity contribution in [3.63, 3.8) is 0 Å². The lowest BCUT2D eigenvalue weighted by molar-refractivity contribution is 0.0526. The van der Waals surface area contributed by atoms with E-state index >= 15 is 0 Å². The molecule has 0 unspecified atom stereocenters. The number of primary amides is 1. The Balaban J connectivity index is 1.87. The van der Waals surface area contributed by atoms with Gasteiger partial charge in [0, 0.05) is 34.0 Å². The zero-order valence-electron chi connectivity index (χ0n) is 19.8. The second-order valence-corrected chi connectivity index (χ2v) is 8.51. The molecule has 5 rings (SSSR count). The van der Waals surface area contributed by atoms with Gasteiger partial charge in [-0.05, 0) is 62.2 Å². The molecule has 7 nitrogen and oxygen atoms in total. The topological polar surface area (TPSA) is 100 Å². The van der Waals surface area contributed by atoms with Crippen molar-refractivity contribution in [1.29, 1.82) is 0 Å². The normalized spacial score (nSPS) is 11.3. The Hall–Kier alpha value is -4.39. The highest BCUT2D eigenvalue weighted by Crippen LogP contribution is 2.38. The number of ether oxygens (including phenoxy) is 1. The number of carbonyl (C=O) groups is 2. The fourth-order valence-electron chi connectivity index (χ4n) is 4.74. The van der Waals surface area contributed by atoms with E-state index in [4.69, 9.17) is 15.0 Å². The first-order valence-corrected chi connectivity index (χ1v) is 11.4. The highest BCUT2D eigenvalue weighted by atomic mass is 16.5. The standard InChI is InChI=1S/C28H25N3O4/c1-4-34-28(33)19-10-11-23-21(12-19)26-22(27(29)32)13-20(25-16(2)30-35-17(25)3)14-24(26)31(23)15-18-8-6-5-7-9-18/h5-14H,4,15H2,1-3H3,(H2,29,32). The van der Waals surface area contributed by atoms with Crippen LogP contribution in [0.4, 0.5) is 0 Å². The second-order valence-electron chi connectivity index (χ2n) is 8.51. The lowest BCUT2D eigenvalue weighted by Gasteiger charge is -2.10. The van der Waals surface area contributed by atoms with E-state index in [-0.39, 0.29) is 6.61 Å². The van der Waals surface area contributed by atoms with Gasteiger partial charge in [0.25, 0.3) is 0 Å². The summed E-state index contributed by atoms with van der Waals surface area (Å²) in [5.41, 5.74) is 11.9. The van der Waals surface area contributed by atoms with E-state index < -0.39 is 11.9 Å². The van der Waals surface area contributed by atoms with Crippen molar-refractivity contribution in [2.75, 3.05) is 6.61 Å². The Bertz CT molecular complexity index is 1580. The molecule has 0 radical (unpaired) electrons. The second kappa shape index (κ2) is 8.76. The third kappa shape index (κ3) is 3.85. The summed E-state index contributed by atoms with van der Waals surface area (Å²) in [4.78, 5) is 25.2. The summed E-state index contributed by atoms with van der Waals surface area (Å²) in [6.07, 6.45) is 0. The maximum Gasteiger partial charge on any atom is 0.338 e. The summed E-state index contributed by atoms with van der Waals surface area (Å²) < 4.78 is 12.7. The number of hydrogen-bond donors (Lipinski definition) is 1. The number of aryl methyl sites for hydroxylation is 2. The number of aromatic nitrogens is 2. The molecular formula is C28H25N3O4. The van der Waals surface area contributed by atoms with E-state index in [1.165, 1.54) is 0 Å². The van der Waals surface area contributed by atoms with Crippen LogP contribution < -0.4 is 5.73 Å². The largest absolute Gasteiger partial charge is 0.462 e. The molecule has 0 aliphatic carbocycles. The molecule has 7 heteroatoms. The summed E-state index contributed by atoms with van der Waals surface area (Å²) in [7, 11) is 0. The molecule has 2 heterocycles. The van der Waals surface area contributed by atoms with Crippen LogP contribution in [0.1, 0.15) is 44.7 Å². The van der Waals surface area contributed by atoms with Gasteiger partial charge in [-0.1, -0.05) is 35.5 Å². The predicted octanol–water partition coefficient (Wildman–Crippen LogP) is 5.39. The summed E-state index contributed by atoms with van der Waals surface area (Å²) in [6.45, 7) is 6.33. The van der Waals surface area contributed by atoms with Crippen LogP contribution in [0.2, 0.25) is 0 Å². The highest BCUT2D eigenvalue weighted by molar-refractivity contribution is 6.19. The molecule has 35 heavy (non-hydrogen) atoms. The van der Waals surface area contributed by atoms with E-state index in [0.717, 1.165) is 38.8 Å². The Labute approximate surface area is 202 Å². The lowest BCUT2D eigenvalue weighted by Crippen LogP contribution is -2.12. The van der Waals surface area contributed by atoms with Gasteiger partial charge in [-0.15, -0.1) is 0 Å². The number of hydrogen-bond acceptors (Lipinski definition) is 5. The van der Waals surface area contributed by atoms with Gasteiger partial charge in [-0.25, -0.2) is 4.79 Å². The first-order chi connectivity index (χ1) is 16.9. The molecule has 0 aliphatic rings. The summed E-state index contributed by atoms with van der Waals surface area (Å²) in [5.74, 6) is -0.303. The average Bonchev–Trinajstić information content (AvgIpc) is 3.35. The van der Waals surface area contributed by atoms with Crippen LogP contribution in [0, 0.1) is 13.8 Å². The van der Waals surface area contributed by atoms with E-state index in [1.54, 1.807) is 25.1 Å². The van der Waals surface area contributed by atoms with Crippen molar-refractivity contribution in [3.05, 3.63) is 88.8 Å². The van der Waals surface area contributed by atoms with E-state index in [0.29, 0.717) is 28.8 Å². The molecular weight excluding hydrogens is 442 g/mol. The van der Waals surface area contributed by atoms with Crippen molar-refractivity contribution >= 4 is 33.7 Å². The number of benzene rings is 3. The number of nitrogens with zero attached hydrogens (tertiary/aromatic N) is 2. The van der Waals surface area contributed by atoms with Crippen LogP contribution in [-0.4, -0.2) is 28.2 Å². The fraction of sp³-hybridized carbons (Fsp3) is 0.179. The summed E-state index contributed by atoms with van der Waals surface area (Å²) in [5, 5.41) is 5.54. The van der Waals surface area contributed by atoms with Gasteiger partial charge >= 0.3 is 5.97 Å². The van der Waals surface area contributed by atoms with Crippen LogP contribution in [-0.2, 0) is 11.3 Å². The molecule has 2 N–H and O–H groups in total. The van der Waals surface area contributed by atoms with Gasteiger partial charge in [0.05, 0.1) is 23.4 Å². The van der Waals surface area contributed by atoms with Gasteiger partial charge in [0.2, 0.25) is 5.91 Å². The molecule has 0 fully saturated rings. The van der Waals surface area contributed by atoms with Gasteiger partial charge in [-0.3, -0.25) is 4.79 Å². The van der Waals surface area contributed by atoms with Gasteiger partial charge in [0.1, 0.15) is 5.76 Å². The molecule has 0 bridgehead atoms. The summed E-state index contributed by atoms with van der Waals surface area (Å²) >= 11 is 0. The van der Waals surface area contributed by atoms with Crippen molar-refractivity contribution in [2.45, 2.75) is 27.3 Å². The smallest absolute Gasteiger partial charge is 0.338 e. The van der Waals surface area contributed by atoms with Gasteiger partial charge in [-0.2, -0.15) is 0 Å². The van der Waals surface area contributed by atoms with Crippen molar-refractivity contribution in [2.24, 2.45) is 5.73 Å². The summed E-state index contributed by atoms with van der Waals surface area (Å²) in [6, 6.07) is 19.3. The molecule has 176 valence electrons. The minimum atomic E-state index is -0.552. The predicted molar refractivity (Wildman–Crippen MR) is 134 cm³/mol. The highest BCUT2D eigenvalue weighted by Gasteiger charge is 2.22. The average molecular weight is 468 g/mol. The quantitative estimate of drug-likeness (QED) is 0.338. The van der Waals surface area contributed by atoms with Crippen LogP contribution in [0.25, 0.3) is 32.9 Å². The van der Waals surface area contributed by atoms with Crippen LogP contribution in [0.3, 0.4) is 0 Å². The molecule has 0 atom stereocenters. The Kier molecular flexibility index (Phi) is 5.61. The van der Waals surface area contributed by atoms with Gasteiger partial charge < -0.3 is 19.6 Å². The van der Waals surface area contributed by atoms with Crippen molar-refractivity contribution in [3.8, 4) is 11.1 Å². The van der Waals surface area contributed by atoms with Crippen LogP contribution in [0.15, 0.2) is 65.2 Å². The minimum absolute atomic E-state index is 0.278. The van der Waals surface area contributed by atoms with Gasteiger partial charge in [0.15, 0.2) is 0 Å². The Morgan fingerprint density at radius 1 is 1.03 bits per heavy atom. The third-order valence-corrected chi connectivity index (χ3v) is 6.25. The van der Waals surface area contributed by atoms with Crippen molar-refractivity contribution in [1.82, 2.24) is 9.72 Å². The number of rotatable bonds is 6. The number of nitrogens with two attached hydrogens (primary N) is 1. The third-order valence-electron chi connectivity index (χ3n) is 6.25. The fourth-order valence-corrected chi connectivity index (χ4v) is 4.74. The molecule has 0 aliphatic heterocycles. The molecule has 0 spiro atoms. The SMILES string of the molecule is CCOC(=O)c1ccc2c(c1)c1c(C(N)=O)cc(-c3c(C)noc3C)cc1n2Cc1ccccc1. The molecule has 2 aromatic heterocycles. The van der Waals surface area contributed by atoms with Crippen molar-refractivity contribution < 1.29 is 18.8 Å². The molecule has 5 aromatic rings. The van der Waals surface area contributed by atoms with Crippen LogP contribution in [0.5, 0.6) is 0 Å². The number of carbonyl (C=O) groups excluding carboxylic acids is 2. The Morgan fingerprint density at radius 3 is 2.46 bits per heavy atom. The van der Waals surface area contributed by atoms with E-state index in [9.17, 15) is 9.59 Å². The zero-order chi connectivity index (χ0) is 24.7. The maximum atomic E-state index is 12.7. The Morgan fingerprint density at radius 2 is 1.80 bits per heavy atom. The molecule has 0 saturated heterocycles. The first-order valence-electron chi connectivity index (χ1n) is 11.4. The monoisotopic (exact) mass is 467 g/mol. The maximum absolute atomic E-state index is 12.7. The van der Waals surface area contributed by atoms with Crippen LogP contribution >= 0.6 is 0 Å². The number of fused-ring (bicyclic) bond motifs is 3. The number of amides is 1. The molecule has 1 amide bonds. The van der Waals surface area contributed by atoms with E-state index in [1.807, 2.05) is 44.2 Å². The first kappa shape index (κ1) is 22.4. The lowest BCUT2D eigenvalue weighted by atomic mass is 9.97. The minimum Gasteiger partial charge on any atom is -0.462 e. The molecule has 0 saturated carbocycles. The molecule has 3 aromatic carbocycles. The zero-order valence-corrected chi connectivity index (χ0v) is 19.8. The number of esters is 1.